The van der Waals surface area contributed by atoms with Crippen molar-refractivity contribution >= 4 is 5.69 Å². The molecule has 1 fully saturated rings. The van der Waals surface area contributed by atoms with Crippen LogP contribution in [0.2, 0.25) is 0 Å². The fourth-order valence-electron chi connectivity index (χ4n) is 1.29. The molecule has 1 aliphatic carbocycles. The summed E-state index contributed by atoms with van der Waals surface area (Å²) in [5, 5.41) is 3.46. The standard InChI is InChI=1S/C10H14N2/c11-7-8-3-1-2-4-10(8)12-9-5-6-9/h1-4,9,12H,5-7,11H2. The van der Waals surface area contributed by atoms with Gasteiger partial charge in [-0.25, -0.2) is 0 Å². The highest BCUT2D eigenvalue weighted by molar-refractivity contribution is 5.52. The van der Waals surface area contributed by atoms with Crippen LogP contribution in [0.5, 0.6) is 0 Å². The highest BCUT2D eigenvalue weighted by Crippen LogP contribution is 2.26. The lowest BCUT2D eigenvalue weighted by Gasteiger charge is -2.08. The molecule has 0 saturated heterocycles. The van der Waals surface area contributed by atoms with E-state index in [2.05, 4.69) is 17.4 Å². The van der Waals surface area contributed by atoms with Gasteiger partial charge in [0.25, 0.3) is 0 Å². The second-order valence-corrected chi connectivity index (χ2v) is 3.28. The predicted octanol–water partition coefficient (Wildman–Crippen LogP) is 1.72. The second kappa shape index (κ2) is 3.15. The predicted molar refractivity (Wildman–Crippen MR) is 51.0 cm³/mol. The quantitative estimate of drug-likeness (QED) is 0.710. The molecule has 3 N–H and O–H groups in total. The Balaban J connectivity index is 2.15. The fourth-order valence-corrected chi connectivity index (χ4v) is 1.29. The van der Waals surface area contributed by atoms with Gasteiger partial charge in [0.2, 0.25) is 0 Å². The van der Waals surface area contributed by atoms with Crippen LogP contribution in [0, 0.1) is 0 Å². The minimum atomic E-state index is 0.621. The van der Waals surface area contributed by atoms with Crippen LogP contribution in [0.25, 0.3) is 0 Å². The summed E-state index contributed by atoms with van der Waals surface area (Å²) in [6.07, 6.45) is 2.61. The monoisotopic (exact) mass is 162 g/mol. The van der Waals surface area contributed by atoms with Crippen LogP contribution < -0.4 is 11.1 Å². The molecule has 0 aromatic heterocycles. The van der Waals surface area contributed by atoms with Crippen molar-refractivity contribution in [2.24, 2.45) is 5.73 Å². The van der Waals surface area contributed by atoms with Crippen molar-refractivity contribution in [2.45, 2.75) is 25.4 Å². The lowest BCUT2D eigenvalue weighted by molar-refractivity contribution is 1.05. The van der Waals surface area contributed by atoms with E-state index in [1.54, 1.807) is 0 Å². The van der Waals surface area contributed by atoms with Gasteiger partial charge in [-0.1, -0.05) is 18.2 Å². The molecule has 1 aliphatic rings. The van der Waals surface area contributed by atoms with Gasteiger partial charge in [-0.15, -0.1) is 0 Å². The third kappa shape index (κ3) is 1.59. The summed E-state index contributed by atoms with van der Waals surface area (Å²) in [7, 11) is 0. The average Bonchev–Trinajstić information content (AvgIpc) is 2.89. The summed E-state index contributed by atoms with van der Waals surface area (Å²) >= 11 is 0. The number of rotatable bonds is 3. The number of hydrogen-bond acceptors (Lipinski definition) is 2. The summed E-state index contributed by atoms with van der Waals surface area (Å²) in [6, 6.07) is 8.95. The first-order chi connectivity index (χ1) is 5.90. The van der Waals surface area contributed by atoms with E-state index >= 15 is 0 Å². The number of para-hydroxylation sites is 1. The van der Waals surface area contributed by atoms with Crippen LogP contribution in [-0.2, 0) is 6.54 Å². The van der Waals surface area contributed by atoms with E-state index in [-0.39, 0.29) is 0 Å². The number of nitrogens with one attached hydrogen (secondary N) is 1. The van der Waals surface area contributed by atoms with E-state index in [0.29, 0.717) is 12.6 Å². The topological polar surface area (TPSA) is 38.0 Å². The summed E-state index contributed by atoms with van der Waals surface area (Å²) in [4.78, 5) is 0. The van der Waals surface area contributed by atoms with Crippen LogP contribution >= 0.6 is 0 Å². The zero-order valence-corrected chi connectivity index (χ0v) is 7.09. The van der Waals surface area contributed by atoms with Crippen molar-refractivity contribution in [3.8, 4) is 0 Å². The van der Waals surface area contributed by atoms with E-state index in [1.165, 1.54) is 24.1 Å². The number of anilines is 1. The van der Waals surface area contributed by atoms with E-state index in [4.69, 9.17) is 5.73 Å². The van der Waals surface area contributed by atoms with E-state index in [0.717, 1.165) is 0 Å². The Morgan fingerprint density at radius 2 is 2.08 bits per heavy atom. The van der Waals surface area contributed by atoms with Gasteiger partial charge in [0.15, 0.2) is 0 Å². The molecular weight excluding hydrogens is 148 g/mol. The number of nitrogens with two attached hydrogens (primary N) is 1. The van der Waals surface area contributed by atoms with E-state index in [1.807, 2.05) is 12.1 Å². The van der Waals surface area contributed by atoms with Crippen molar-refractivity contribution in [3.05, 3.63) is 29.8 Å². The van der Waals surface area contributed by atoms with Gasteiger partial charge in [-0.3, -0.25) is 0 Å². The SMILES string of the molecule is NCc1ccccc1NC1CC1. The Morgan fingerprint density at radius 3 is 2.75 bits per heavy atom. The van der Waals surface area contributed by atoms with Crippen molar-refractivity contribution < 1.29 is 0 Å². The average molecular weight is 162 g/mol. The Bertz CT molecular complexity index is 266. The number of benzene rings is 1. The normalized spacial score (nSPS) is 16.1. The fraction of sp³-hybridized carbons (Fsp3) is 0.400. The minimum Gasteiger partial charge on any atom is -0.382 e. The highest BCUT2D eigenvalue weighted by atomic mass is 15.0. The molecular formula is C10H14N2. The molecule has 0 unspecified atom stereocenters. The van der Waals surface area contributed by atoms with Crippen LogP contribution in [0.1, 0.15) is 18.4 Å². The van der Waals surface area contributed by atoms with Gasteiger partial charge >= 0.3 is 0 Å². The van der Waals surface area contributed by atoms with Gasteiger partial charge in [0.05, 0.1) is 0 Å². The van der Waals surface area contributed by atoms with Crippen LogP contribution in [0.3, 0.4) is 0 Å². The molecule has 0 radical (unpaired) electrons. The Hall–Kier alpha value is -1.02. The first kappa shape index (κ1) is 7.62. The molecule has 64 valence electrons. The molecule has 12 heavy (non-hydrogen) atoms. The summed E-state index contributed by atoms with van der Waals surface area (Å²) in [6.45, 7) is 0.621. The van der Waals surface area contributed by atoms with E-state index < -0.39 is 0 Å². The molecule has 0 bridgehead atoms. The van der Waals surface area contributed by atoms with Crippen molar-refractivity contribution in [2.75, 3.05) is 5.32 Å². The molecule has 0 spiro atoms. The molecule has 2 heteroatoms. The van der Waals surface area contributed by atoms with Crippen molar-refractivity contribution in [1.29, 1.82) is 0 Å². The second-order valence-electron chi connectivity index (χ2n) is 3.28. The third-order valence-corrected chi connectivity index (χ3v) is 2.17. The van der Waals surface area contributed by atoms with Gasteiger partial charge in [0, 0.05) is 18.3 Å². The summed E-state index contributed by atoms with van der Waals surface area (Å²) in [5.41, 5.74) is 8.03. The van der Waals surface area contributed by atoms with Crippen LogP contribution in [-0.4, -0.2) is 6.04 Å². The maximum atomic E-state index is 5.61. The first-order valence-electron chi connectivity index (χ1n) is 4.44. The molecule has 0 heterocycles. The maximum Gasteiger partial charge on any atom is 0.0387 e. The van der Waals surface area contributed by atoms with Crippen LogP contribution in [0.4, 0.5) is 5.69 Å². The molecule has 0 aliphatic heterocycles. The van der Waals surface area contributed by atoms with Gasteiger partial charge in [-0.05, 0) is 24.5 Å². The molecule has 1 aromatic carbocycles. The molecule has 1 aromatic rings. The molecule has 2 nitrogen and oxygen atoms in total. The lowest BCUT2D eigenvalue weighted by Crippen LogP contribution is -2.06. The minimum absolute atomic E-state index is 0.621. The third-order valence-electron chi connectivity index (χ3n) is 2.17. The maximum absolute atomic E-state index is 5.61. The van der Waals surface area contributed by atoms with Crippen molar-refractivity contribution in [3.63, 3.8) is 0 Å². The first-order valence-corrected chi connectivity index (χ1v) is 4.44. The summed E-state index contributed by atoms with van der Waals surface area (Å²) in [5.74, 6) is 0. The van der Waals surface area contributed by atoms with Gasteiger partial charge in [0.1, 0.15) is 0 Å². The Labute approximate surface area is 72.8 Å². The lowest BCUT2D eigenvalue weighted by atomic mass is 10.2. The molecule has 2 rings (SSSR count). The molecule has 0 atom stereocenters. The Morgan fingerprint density at radius 1 is 1.33 bits per heavy atom. The zero-order chi connectivity index (χ0) is 8.39. The van der Waals surface area contributed by atoms with E-state index in [9.17, 15) is 0 Å². The molecule has 0 amide bonds. The van der Waals surface area contributed by atoms with Crippen LogP contribution in [0.15, 0.2) is 24.3 Å². The zero-order valence-electron chi connectivity index (χ0n) is 7.09. The molecule has 1 saturated carbocycles. The smallest absolute Gasteiger partial charge is 0.0387 e. The largest absolute Gasteiger partial charge is 0.382 e. The number of hydrogen-bond donors (Lipinski definition) is 2. The van der Waals surface area contributed by atoms with Gasteiger partial charge in [-0.2, -0.15) is 0 Å². The Kier molecular flexibility index (Phi) is 2.00. The highest BCUT2D eigenvalue weighted by Gasteiger charge is 2.21. The van der Waals surface area contributed by atoms with Gasteiger partial charge < -0.3 is 11.1 Å². The van der Waals surface area contributed by atoms with Crippen molar-refractivity contribution in [1.82, 2.24) is 0 Å². The summed E-state index contributed by atoms with van der Waals surface area (Å²) < 4.78 is 0.